The van der Waals surface area contributed by atoms with E-state index in [1.165, 1.54) is 0 Å². The molecular formula is C19H24N2O2. The van der Waals surface area contributed by atoms with Gasteiger partial charge in [0.15, 0.2) is 0 Å². The molecule has 1 aliphatic carbocycles. The van der Waals surface area contributed by atoms with Crippen LogP contribution < -0.4 is 10.6 Å². The molecule has 4 nitrogen and oxygen atoms in total. The number of nitrogens with one attached hydrogen (secondary N) is 2. The third-order valence-electron chi connectivity index (χ3n) is 4.47. The minimum Gasteiger partial charge on any atom is -0.469 e. The van der Waals surface area contributed by atoms with E-state index in [1.807, 2.05) is 24.3 Å². The normalized spacial score (nSPS) is 18.3. The Labute approximate surface area is 137 Å². The number of furan rings is 1. The number of hydrogen-bond donors (Lipinski definition) is 2. The fourth-order valence-electron chi connectivity index (χ4n) is 3.27. The topological polar surface area (TPSA) is 54.3 Å². The van der Waals surface area contributed by atoms with Gasteiger partial charge in [-0.05, 0) is 30.4 Å². The van der Waals surface area contributed by atoms with Crippen LogP contribution in [0.5, 0.6) is 0 Å². The lowest BCUT2D eigenvalue weighted by Crippen LogP contribution is -2.42. The monoisotopic (exact) mass is 312 g/mol. The SMILES string of the molecule is CC(C)C(NC(=O)NC1CCCc2occc21)c1ccccc1. The molecule has 2 amide bonds. The maximum Gasteiger partial charge on any atom is 0.315 e. The third-order valence-corrected chi connectivity index (χ3v) is 4.47. The molecule has 2 aromatic rings. The van der Waals surface area contributed by atoms with Crippen molar-refractivity contribution in [3.05, 3.63) is 59.5 Å². The quantitative estimate of drug-likeness (QED) is 0.881. The lowest BCUT2D eigenvalue weighted by molar-refractivity contribution is 0.227. The lowest BCUT2D eigenvalue weighted by atomic mass is 9.93. The maximum atomic E-state index is 12.5. The molecule has 0 saturated heterocycles. The predicted molar refractivity (Wildman–Crippen MR) is 90.1 cm³/mol. The Morgan fingerprint density at radius 1 is 1.22 bits per heavy atom. The van der Waals surface area contributed by atoms with E-state index in [-0.39, 0.29) is 18.1 Å². The van der Waals surface area contributed by atoms with Crippen molar-refractivity contribution in [3.8, 4) is 0 Å². The third kappa shape index (κ3) is 3.58. The van der Waals surface area contributed by atoms with E-state index < -0.39 is 0 Å². The second-order valence-corrected chi connectivity index (χ2v) is 6.49. The van der Waals surface area contributed by atoms with Gasteiger partial charge < -0.3 is 15.1 Å². The predicted octanol–water partition coefficient (Wildman–Crippen LogP) is 4.35. The van der Waals surface area contributed by atoms with Crippen LogP contribution in [0.25, 0.3) is 0 Å². The van der Waals surface area contributed by atoms with Gasteiger partial charge in [-0.1, -0.05) is 44.2 Å². The molecule has 0 bridgehead atoms. The highest BCUT2D eigenvalue weighted by Crippen LogP contribution is 2.30. The smallest absolute Gasteiger partial charge is 0.315 e. The average Bonchev–Trinajstić information content (AvgIpc) is 3.03. The van der Waals surface area contributed by atoms with Gasteiger partial charge in [-0.25, -0.2) is 4.79 Å². The summed E-state index contributed by atoms with van der Waals surface area (Å²) >= 11 is 0. The fraction of sp³-hybridized carbons (Fsp3) is 0.421. The number of benzene rings is 1. The summed E-state index contributed by atoms with van der Waals surface area (Å²) in [4.78, 5) is 12.5. The van der Waals surface area contributed by atoms with E-state index >= 15 is 0 Å². The molecule has 0 saturated carbocycles. The number of carbonyl (C=O) groups excluding carboxylic acids is 1. The minimum atomic E-state index is -0.119. The molecule has 1 aromatic heterocycles. The highest BCUT2D eigenvalue weighted by molar-refractivity contribution is 5.75. The van der Waals surface area contributed by atoms with Crippen molar-refractivity contribution in [2.24, 2.45) is 5.92 Å². The first-order chi connectivity index (χ1) is 11.1. The molecule has 0 spiro atoms. The number of fused-ring (bicyclic) bond motifs is 1. The Morgan fingerprint density at radius 3 is 2.74 bits per heavy atom. The summed E-state index contributed by atoms with van der Waals surface area (Å²) in [6.07, 6.45) is 4.67. The molecule has 2 N–H and O–H groups in total. The molecule has 3 rings (SSSR count). The summed E-state index contributed by atoms with van der Waals surface area (Å²) in [6.45, 7) is 4.24. The van der Waals surface area contributed by atoms with Crippen molar-refractivity contribution in [2.75, 3.05) is 0 Å². The van der Waals surface area contributed by atoms with Crippen LogP contribution in [0.15, 0.2) is 47.1 Å². The van der Waals surface area contributed by atoms with Crippen LogP contribution in [0.2, 0.25) is 0 Å². The van der Waals surface area contributed by atoms with Crippen LogP contribution in [0.1, 0.15) is 55.7 Å². The Morgan fingerprint density at radius 2 is 2.00 bits per heavy atom. The van der Waals surface area contributed by atoms with Crippen molar-refractivity contribution in [3.63, 3.8) is 0 Å². The Kier molecular flexibility index (Phi) is 4.70. The molecule has 0 radical (unpaired) electrons. The van der Waals surface area contributed by atoms with Crippen LogP contribution in [-0.2, 0) is 6.42 Å². The Hall–Kier alpha value is -2.23. The van der Waals surface area contributed by atoms with Gasteiger partial charge in [0, 0.05) is 12.0 Å². The standard InChI is InChI=1S/C19H24N2O2/c1-13(2)18(14-7-4-3-5-8-14)21-19(22)20-16-9-6-10-17-15(16)11-12-23-17/h3-5,7-8,11-13,16,18H,6,9-10H2,1-2H3,(H2,20,21,22). The van der Waals surface area contributed by atoms with Gasteiger partial charge in [-0.15, -0.1) is 0 Å². The van der Waals surface area contributed by atoms with Crippen molar-refractivity contribution in [1.82, 2.24) is 10.6 Å². The second kappa shape index (κ2) is 6.90. The van der Waals surface area contributed by atoms with Gasteiger partial charge in [0.05, 0.1) is 18.3 Å². The van der Waals surface area contributed by atoms with Gasteiger partial charge in [-0.2, -0.15) is 0 Å². The number of urea groups is 1. The van der Waals surface area contributed by atoms with E-state index in [0.29, 0.717) is 5.92 Å². The van der Waals surface area contributed by atoms with Crippen molar-refractivity contribution >= 4 is 6.03 Å². The van der Waals surface area contributed by atoms with Crippen molar-refractivity contribution in [2.45, 2.75) is 45.2 Å². The highest BCUT2D eigenvalue weighted by atomic mass is 16.3. The summed E-state index contributed by atoms with van der Waals surface area (Å²) in [7, 11) is 0. The zero-order valence-electron chi connectivity index (χ0n) is 13.7. The molecule has 0 aliphatic heterocycles. The molecule has 0 fully saturated rings. The molecule has 1 heterocycles. The first kappa shape index (κ1) is 15.7. The molecule has 1 aromatic carbocycles. The maximum absolute atomic E-state index is 12.5. The van der Waals surface area contributed by atoms with Crippen LogP contribution in [0, 0.1) is 5.92 Å². The first-order valence-corrected chi connectivity index (χ1v) is 8.33. The summed E-state index contributed by atoms with van der Waals surface area (Å²) < 4.78 is 5.48. The molecule has 2 unspecified atom stereocenters. The number of hydrogen-bond acceptors (Lipinski definition) is 2. The fourth-order valence-corrected chi connectivity index (χ4v) is 3.27. The van der Waals surface area contributed by atoms with E-state index in [4.69, 9.17) is 4.42 Å². The van der Waals surface area contributed by atoms with E-state index in [9.17, 15) is 4.79 Å². The van der Waals surface area contributed by atoms with Gasteiger partial charge >= 0.3 is 6.03 Å². The number of amides is 2. The largest absolute Gasteiger partial charge is 0.469 e. The molecule has 23 heavy (non-hydrogen) atoms. The minimum absolute atomic E-state index is 0.00334. The van der Waals surface area contributed by atoms with Crippen molar-refractivity contribution < 1.29 is 9.21 Å². The zero-order valence-corrected chi connectivity index (χ0v) is 13.7. The second-order valence-electron chi connectivity index (χ2n) is 6.49. The summed E-state index contributed by atoms with van der Waals surface area (Å²) in [6, 6.07) is 12.0. The van der Waals surface area contributed by atoms with E-state index in [0.717, 1.165) is 36.1 Å². The van der Waals surface area contributed by atoms with Gasteiger partial charge in [0.1, 0.15) is 5.76 Å². The zero-order chi connectivity index (χ0) is 16.2. The van der Waals surface area contributed by atoms with Crippen molar-refractivity contribution in [1.29, 1.82) is 0 Å². The molecule has 4 heteroatoms. The van der Waals surface area contributed by atoms with Crippen LogP contribution >= 0.6 is 0 Å². The Balaban J connectivity index is 1.67. The van der Waals surface area contributed by atoms with Gasteiger partial charge in [0.2, 0.25) is 0 Å². The van der Waals surface area contributed by atoms with Crippen LogP contribution in [-0.4, -0.2) is 6.03 Å². The number of rotatable bonds is 4. The van der Waals surface area contributed by atoms with E-state index in [1.54, 1.807) is 6.26 Å². The molecule has 122 valence electrons. The molecule has 2 atom stereocenters. The number of carbonyl (C=O) groups is 1. The summed E-state index contributed by atoms with van der Waals surface area (Å²) in [5.74, 6) is 1.32. The molecular weight excluding hydrogens is 288 g/mol. The first-order valence-electron chi connectivity index (χ1n) is 8.33. The average molecular weight is 312 g/mol. The van der Waals surface area contributed by atoms with E-state index in [2.05, 4.69) is 36.6 Å². The Bertz CT molecular complexity index is 648. The lowest BCUT2D eigenvalue weighted by Gasteiger charge is -2.27. The van der Waals surface area contributed by atoms with Gasteiger partial charge in [-0.3, -0.25) is 0 Å². The highest BCUT2D eigenvalue weighted by Gasteiger charge is 2.25. The number of aryl methyl sites for hydroxylation is 1. The van der Waals surface area contributed by atoms with Crippen LogP contribution in [0.3, 0.4) is 0 Å². The van der Waals surface area contributed by atoms with Crippen LogP contribution in [0.4, 0.5) is 4.79 Å². The summed E-state index contributed by atoms with van der Waals surface area (Å²) in [5.41, 5.74) is 2.25. The molecule has 1 aliphatic rings. The van der Waals surface area contributed by atoms with Gasteiger partial charge in [0.25, 0.3) is 0 Å². The summed E-state index contributed by atoms with van der Waals surface area (Å²) in [5, 5.41) is 6.23.